The first kappa shape index (κ1) is 13.0. The minimum atomic E-state index is 0.884. The monoisotopic (exact) mass is 284 g/mol. The smallest absolute Gasteiger partial charge is 0.120 e. The third-order valence-corrected chi connectivity index (χ3v) is 4.80. The average molecular weight is 284 g/mol. The predicted molar refractivity (Wildman–Crippen MR) is 85.1 cm³/mol. The van der Waals surface area contributed by atoms with Crippen molar-refractivity contribution in [2.24, 2.45) is 0 Å². The summed E-state index contributed by atoms with van der Waals surface area (Å²) in [7, 11) is 3.39. The van der Waals surface area contributed by atoms with E-state index in [0.29, 0.717) is 0 Å². The fourth-order valence-corrected chi connectivity index (χ4v) is 3.59. The quantitative estimate of drug-likeness (QED) is 0.681. The lowest BCUT2D eigenvalue weighted by Crippen LogP contribution is -1.82. The molecule has 0 saturated heterocycles. The van der Waals surface area contributed by atoms with Gasteiger partial charge in [-0.2, -0.15) is 0 Å². The first-order valence-corrected chi connectivity index (χ1v) is 7.26. The van der Waals surface area contributed by atoms with Crippen LogP contribution in [0.5, 0.6) is 11.5 Å². The van der Waals surface area contributed by atoms with Crippen LogP contribution in [0, 0.1) is 6.92 Å². The van der Waals surface area contributed by atoms with Gasteiger partial charge in [0.15, 0.2) is 0 Å². The molecule has 0 radical (unpaired) electrons. The highest BCUT2D eigenvalue weighted by atomic mass is 32.1. The van der Waals surface area contributed by atoms with Crippen LogP contribution in [0.15, 0.2) is 42.5 Å². The summed E-state index contributed by atoms with van der Waals surface area (Å²) >= 11 is 1.80. The topological polar surface area (TPSA) is 18.5 Å². The number of aryl methyl sites for hydroxylation is 1. The van der Waals surface area contributed by atoms with E-state index in [4.69, 9.17) is 9.47 Å². The van der Waals surface area contributed by atoms with E-state index >= 15 is 0 Å². The molecule has 3 heteroatoms. The predicted octanol–water partition coefficient (Wildman–Crippen LogP) is 4.89. The molecule has 0 saturated carbocycles. The van der Waals surface area contributed by atoms with Crippen LogP contribution in [-0.4, -0.2) is 14.2 Å². The Labute approximate surface area is 122 Å². The van der Waals surface area contributed by atoms with Gasteiger partial charge in [0.2, 0.25) is 0 Å². The standard InChI is InChI=1S/C17H16O2S/c1-11-15-9-8-14(19-3)10-16(15)20-17(11)12-4-6-13(18-2)7-5-12/h4-10H,1-3H3. The highest BCUT2D eigenvalue weighted by Crippen LogP contribution is 2.39. The van der Waals surface area contributed by atoms with Gasteiger partial charge in [-0.05, 0) is 65.9 Å². The summed E-state index contributed by atoms with van der Waals surface area (Å²) in [6, 6.07) is 14.5. The molecule has 0 bridgehead atoms. The number of fused-ring (bicyclic) bond motifs is 1. The summed E-state index contributed by atoms with van der Waals surface area (Å²) in [6.45, 7) is 2.17. The van der Waals surface area contributed by atoms with Crippen LogP contribution in [0.1, 0.15) is 5.56 Å². The maximum absolute atomic E-state index is 5.30. The van der Waals surface area contributed by atoms with Gasteiger partial charge < -0.3 is 9.47 Å². The Morgan fingerprint density at radius 2 is 1.50 bits per heavy atom. The summed E-state index contributed by atoms with van der Waals surface area (Å²) < 4.78 is 11.8. The molecule has 0 N–H and O–H groups in total. The average Bonchev–Trinajstić information content (AvgIpc) is 2.84. The molecule has 0 spiro atoms. The van der Waals surface area contributed by atoms with Gasteiger partial charge in [0.05, 0.1) is 14.2 Å². The Hall–Kier alpha value is -2.00. The van der Waals surface area contributed by atoms with E-state index in [2.05, 4.69) is 31.2 Å². The van der Waals surface area contributed by atoms with Crippen LogP contribution in [-0.2, 0) is 0 Å². The van der Waals surface area contributed by atoms with E-state index in [1.165, 1.54) is 26.1 Å². The van der Waals surface area contributed by atoms with Gasteiger partial charge in [0.25, 0.3) is 0 Å². The van der Waals surface area contributed by atoms with E-state index in [1.54, 1.807) is 25.6 Å². The maximum atomic E-state index is 5.30. The summed E-state index contributed by atoms with van der Waals surface area (Å²) in [5.41, 5.74) is 2.54. The van der Waals surface area contributed by atoms with Gasteiger partial charge >= 0.3 is 0 Å². The molecule has 3 aromatic rings. The van der Waals surface area contributed by atoms with E-state index in [9.17, 15) is 0 Å². The number of ether oxygens (including phenoxy) is 2. The molecule has 0 aliphatic heterocycles. The minimum Gasteiger partial charge on any atom is -0.497 e. The zero-order valence-electron chi connectivity index (χ0n) is 11.8. The van der Waals surface area contributed by atoms with Crippen molar-refractivity contribution in [3.05, 3.63) is 48.0 Å². The van der Waals surface area contributed by atoms with Gasteiger partial charge in [0, 0.05) is 9.58 Å². The van der Waals surface area contributed by atoms with E-state index in [1.807, 2.05) is 18.2 Å². The lowest BCUT2D eigenvalue weighted by molar-refractivity contribution is 0.415. The Morgan fingerprint density at radius 3 is 2.15 bits per heavy atom. The zero-order valence-corrected chi connectivity index (χ0v) is 12.6. The van der Waals surface area contributed by atoms with Crippen LogP contribution in [0.2, 0.25) is 0 Å². The fourth-order valence-electron chi connectivity index (χ4n) is 2.35. The van der Waals surface area contributed by atoms with E-state index < -0.39 is 0 Å². The van der Waals surface area contributed by atoms with Crippen LogP contribution in [0.4, 0.5) is 0 Å². The number of rotatable bonds is 3. The number of thiophene rings is 1. The summed E-state index contributed by atoms with van der Waals surface area (Å²) in [4.78, 5) is 1.30. The van der Waals surface area contributed by atoms with Crippen LogP contribution in [0.3, 0.4) is 0 Å². The lowest BCUT2D eigenvalue weighted by atomic mass is 10.1. The van der Waals surface area contributed by atoms with Gasteiger partial charge in [0.1, 0.15) is 11.5 Å². The van der Waals surface area contributed by atoms with Crippen molar-refractivity contribution in [3.63, 3.8) is 0 Å². The third-order valence-electron chi connectivity index (χ3n) is 3.50. The van der Waals surface area contributed by atoms with Crippen molar-refractivity contribution in [2.75, 3.05) is 14.2 Å². The Kier molecular flexibility index (Phi) is 3.36. The molecule has 1 aromatic heterocycles. The number of hydrogen-bond acceptors (Lipinski definition) is 3. The molecule has 0 amide bonds. The van der Waals surface area contributed by atoms with Gasteiger partial charge in [-0.15, -0.1) is 11.3 Å². The molecule has 102 valence electrons. The van der Waals surface area contributed by atoms with Gasteiger partial charge in [-0.25, -0.2) is 0 Å². The second kappa shape index (κ2) is 5.17. The summed E-state index contributed by atoms with van der Waals surface area (Å²) in [6.07, 6.45) is 0. The van der Waals surface area contributed by atoms with Crippen molar-refractivity contribution in [1.82, 2.24) is 0 Å². The second-order valence-electron chi connectivity index (χ2n) is 4.65. The molecule has 20 heavy (non-hydrogen) atoms. The van der Waals surface area contributed by atoms with Crippen LogP contribution < -0.4 is 9.47 Å². The summed E-state index contributed by atoms with van der Waals surface area (Å²) in [5.74, 6) is 1.79. The molecule has 0 unspecified atom stereocenters. The highest BCUT2D eigenvalue weighted by molar-refractivity contribution is 7.22. The molecular formula is C17H16O2S. The Morgan fingerprint density at radius 1 is 0.850 bits per heavy atom. The molecule has 1 heterocycles. The highest BCUT2D eigenvalue weighted by Gasteiger charge is 2.11. The molecular weight excluding hydrogens is 268 g/mol. The maximum Gasteiger partial charge on any atom is 0.120 e. The van der Waals surface area contributed by atoms with Crippen molar-refractivity contribution in [1.29, 1.82) is 0 Å². The van der Waals surface area contributed by atoms with Gasteiger partial charge in [-0.1, -0.05) is 0 Å². The summed E-state index contributed by atoms with van der Waals surface area (Å²) in [5, 5.41) is 1.29. The fraction of sp³-hybridized carbons (Fsp3) is 0.176. The van der Waals surface area contributed by atoms with Crippen molar-refractivity contribution in [2.45, 2.75) is 6.92 Å². The SMILES string of the molecule is COc1ccc(-c2sc3cc(OC)ccc3c2C)cc1. The zero-order chi connectivity index (χ0) is 14.1. The molecule has 0 fully saturated rings. The van der Waals surface area contributed by atoms with Crippen LogP contribution in [0.25, 0.3) is 20.5 Å². The Balaban J connectivity index is 2.12. The molecule has 0 aliphatic rings. The number of hydrogen-bond donors (Lipinski definition) is 0. The van der Waals surface area contributed by atoms with Crippen molar-refractivity contribution in [3.8, 4) is 21.9 Å². The molecule has 0 aliphatic carbocycles. The second-order valence-corrected chi connectivity index (χ2v) is 5.70. The molecule has 3 rings (SSSR count). The Bertz CT molecular complexity index is 742. The largest absolute Gasteiger partial charge is 0.497 e. The van der Waals surface area contributed by atoms with Gasteiger partial charge in [-0.3, -0.25) is 0 Å². The first-order valence-electron chi connectivity index (χ1n) is 6.44. The molecule has 2 nitrogen and oxygen atoms in total. The van der Waals surface area contributed by atoms with E-state index in [-0.39, 0.29) is 0 Å². The molecule has 2 aromatic carbocycles. The number of benzene rings is 2. The van der Waals surface area contributed by atoms with Crippen molar-refractivity contribution >= 4 is 21.4 Å². The third kappa shape index (κ3) is 2.14. The van der Waals surface area contributed by atoms with E-state index in [0.717, 1.165) is 11.5 Å². The number of methoxy groups -OCH3 is 2. The first-order chi connectivity index (χ1) is 9.72. The minimum absolute atomic E-state index is 0.884. The molecule has 0 atom stereocenters. The van der Waals surface area contributed by atoms with Crippen LogP contribution >= 0.6 is 11.3 Å². The lowest BCUT2D eigenvalue weighted by Gasteiger charge is -2.02. The van der Waals surface area contributed by atoms with Crippen molar-refractivity contribution < 1.29 is 9.47 Å². The normalized spacial score (nSPS) is 10.8.